The molecular formula is C19H32O3. The van der Waals surface area contributed by atoms with E-state index in [-0.39, 0.29) is 10.8 Å². The summed E-state index contributed by atoms with van der Waals surface area (Å²) >= 11 is 0. The van der Waals surface area contributed by atoms with Crippen molar-refractivity contribution in [1.82, 2.24) is 0 Å². The van der Waals surface area contributed by atoms with Gasteiger partial charge in [0.05, 0.1) is 11.2 Å². The van der Waals surface area contributed by atoms with Crippen LogP contribution in [-0.4, -0.2) is 16.2 Å². The number of allylic oxidation sites excluding steroid dienone is 1. The lowest BCUT2D eigenvalue weighted by atomic mass is 9.95. The van der Waals surface area contributed by atoms with Crippen LogP contribution in [0.4, 0.5) is 0 Å². The van der Waals surface area contributed by atoms with Crippen LogP contribution < -0.4 is 0 Å². The van der Waals surface area contributed by atoms with Crippen molar-refractivity contribution in [1.29, 1.82) is 0 Å². The van der Waals surface area contributed by atoms with Gasteiger partial charge in [0.15, 0.2) is 0 Å². The summed E-state index contributed by atoms with van der Waals surface area (Å²) in [5, 5.41) is 18.6. The molecule has 2 fully saturated rings. The fourth-order valence-electron chi connectivity index (χ4n) is 3.54. The van der Waals surface area contributed by atoms with Gasteiger partial charge >= 0.3 is 5.97 Å². The number of aliphatic carboxylic acids is 1. The lowest BCUT2D eigenvalue weighted by Crippen LogP contribution is -2.14. The van der Waals surface area contributed by atoms with Crippen molar-refractivity contribution in [3.8, 4) is 0 Å². The molecule has 2 rings (SSSR count). The maximum atomic E-state index is 11.0. The van der Waals surface area contributed by atoms with Crippen LogP contribution in [0.3, 0.4) is 0 Å². The molecule has 0 atom stereocenters. The van der Waals surface area contributed by atoms with Gasteiger partial charge in [-0.15, -0.1) is 0 Å². The van der Waals surface area contributed by atoms with E-state index in [0.717, 1.165) is 44.9 Å². The minimum absolute atomic E-state index is 0.100. The number of aliphatic hydroxyl groups excluding tert-OH is 1. The quantitative estimate of drug-likeness (QED) is 0.344. The van der Waals surface area contributed by atoms with Gasteiger partial charge in [-0.05, 0) is 38.5 Å². The molecule has 0 aliphatic heterocycles. The zero-order valence-electron chi connectivity index (χ0n) is 13.9. The Balaban J connectivity index is 1.36. The number of aliphatic hydroxyl groups is 1. The summed E-state index contributed by atoms with van der Waals surface area (Å²) in [6.07, 6.45) is 15.9. The number of carboxylic acids is 1. The van der Waals surface area contributed by atoms with Crippen molar-refractivity contribution in [2.24, 2.45) is 10.8 Å². The minimum Gasteiger partial charge on any atom is -0.512 e. The van der Waals surface area contributed by atoms with E-state index in [9.17, 15) is 9.90 Å². The third-order valence-electron chi connectivity index (χ3n) is 5.83. The van der Waals surface area contributed by atoms with Gasteiger partial charge in [0.2, 0.25) is 0 Å². The van der Waals surface area contributed by atoms with Crippen molar-refractivity contribution >= 4 is 5.97 Å². The van der Waals surface area contributed by atoms with Crippen LogP contribution in [0.5, 0.6) is 0 Å². The zero-order chi connectivity index (χ0) is 16.1. The Labute approximate surface area is 134 Å². The van der Waals surface area contributed by atoms with Crippen molar-refractivity contribution in [3.63, 3.8) is 0 Å². The monoisotopic (exact) mass is 308 g/mol. The summed E-state index contributed by atoms with van der Waals surface area (Å²) in [5.41, 5.74) is -0.224. The fraction of sp³-hybridized carbons (Fsp3) is 0.842. The molecule has 0 aromatic rings. The van der Waals surface area contributed by atoms with Gasteiger partial charge in [-0.2, -0.15) is 0 Å². The van der Waals surface area contributed by atoms with Gasteiger partial charge < -0.3 is 10.2 Å². The first-order chi connectivity index (χ1) is 10.5. The molecular weight excluding hydrogens is 276 g/mol. The van der Waals surface area contributed by atoms with E-state index in [0.29, 0.717) is 5.76 Å². The summed E-state index contributed by atoms with van der Waals surface area (Å²) in [7, 11) is 0. The molecule has 2 aliphatic carbocycles. The number of carboxylic acid groups (broad SMARTS) is 1. The van der Waals surface area contributed by atoms with E-state index in [1.165, 1.54) is 44.9 Å². The molecule has 22 heavy (non-hydrogen) atoms. The first kappa shape index (κ1) is 17.4. The topological polar surface area (TPSA) is 57.5 Å². The highest BCUT2D eigenvalue weighted by molar-refractivity contribution is 5.77. The number of carbonyl (C=O) groups is 1. The van der Waals surface area contributed by atoms with Crippen molar-refractivity contribution in [3.05, 3.63) is 12.3 Å². The Morgan fingerprint density at radius 3 is 1.41 bits per heavy atom. The lowest BCUT2D eigenvalue weighted by molar-refractivity contribution is -0.143. The molecule has 0 aromatic carbocycles. The van der Waals surface area contributed by atoms with Gasteiger partial charge in [-0.1, -0.05) is 57.9 Å². The molecule has 0 aromatic heterocycles. The average Bonchev–Trinajstić information content (AvgIpc) is 3.35. The van der Waals surface area contributed by atoms with E-state index < -0.39 is 5.97 Å². The highest BCUT2D eigenvalue weighted by atomic mass is 16.4. The molecule has 0 bridgehead atoms. The van der Waals surface area contributed by atoms with Crippen LogP contribution in [0.2, 0.25) is 0 Å². The van der Waals surface area contributed by atoms with Gasteiger partial charge in [0.1, 0.15) is 0 Å². The number of hydrogen-bond donors (Lipinski definition) is 2. The number of rotatable bonds is 13. The normalized spacial score (nSPS) is 20.5. The van der Waals surface area contributed by atoms with E-state index in [4.69, 9.17) is 5.11 Å². The molecule has 0 unspecified atom stereocenters. The third-order valence-corrected chi connectivity index (χ3v) is 5.83. The standard InChI is InChI=1S/C19H32O3/c1-16(20)18(12-13-18)10-8-6-4-2-3-5-7-9-11-19(14-15-19)17(21)22/h20H,1-15H2,(H,21,22). The minimum atomic E-state index is -0.577. The maximum absolute atomic E-state index is 11.0. The summed E-state index contributed by atoms with van der Waals surface area (Å²) in [5.74, 6) is -0.172. The second-order valence-electron chi connectivity index (χ2n) is 7.64. The smallest absolute Gasteiger partial charge is 0.309 e. The average molecular weight is 308 g/mol. The Morgan fingerprint density at radius 2 is 1.09 bits per heavy atom. The van der Waals surface area contributed by atoms with Crippen LogP contribution in [0.15, 0.2) is 12.3 Å². The van der Waals surface area contributed by atoms with Gasteiger partial charge in [-0.3, -0.25) is 4.79 Å². The van der Waals surface area contributed by atoms with Gasteiger partial charge in [-0.25, -0.2) is 0 Å². The van der Waals surface area contributed by atoms with Crippen molar-refractivity contribution in [2.75, 3.05) is 0 Å². The molecule has 126 valence electrons. The Bertz CT molecular complexity index is 353. The molecule has 2 aliphatic rings. The van der Waals surface area contributed by atoms with Crippen LogP contribution in [0.25, 0.3) is 0 Å². The molecule has 0 amide bonds. The molecule has 3 heteroatoms. The molecule has 3 nitrogen and oxygen atoms in total. The summed E-state index contributed by atoms with van der Waals surface area (Å²) in [6, 6.07) is 0. The van der Waals surface area contributed by atoms with E-state index in [1.54, 1.807) is 0 Å². The van der Waals surface area contributed by atoms with Gasteiger partial charge in [0, 0.05) is 5.41 Å². The Kier molecular flexibility index (Phi) is 5.94. The van der Waals surface area contributed by atoms with Gasteiger partial charge in [0.25, 0.3) is 0 Å². The predicted molar refractivity (Wildman–Crippen MR) is 88.9 cm³/mol. The summed E-state index contributed by atoms with van der Waals surface area (Å²) in [4.78, 5) is 11.0. The van der Waals surface area contributed by atoms with E-state index >= 15 is 0 Å². The van der Waals surface area contributed by atoms with Crippen LogP contribution in [0.1, 0.15) is 89.9 Å². The van der Waals surface area contributed by atoms with E-state index in [2.05, 4.69) is 6.58 Å². The predicted octanol–water partition coefficient (Wildman–Crippen LogP) is 5.60. The van der Waals surface area contributed by atoms with Crippen molar-refractivity contribution in [2.45, 2.75) is 89.9 Å². The van der Waals surface area contributed by atoms with E-state index in [1.807, 2.05) is 0 Å². The number of hydrogen-bond acceptors (Lipinski definition) is 2. The third kappa shape index (κ3) is 4.76. The summed E-state index contributed by atoms with van der Waals surface area (Å²) < 4.78 is 0. The van der Waals surface area contributed by atoms with Crippen LogP contribution >= 0.6 is 0 Å². The molecule has 0 saturated heterocycles. The number of unbranched alkanes of at least 4 members (excludes halogenated alkanes) is 7. The Morgan fingerprint density at radius 1 is 0.727 bits per heavy atom. The molecule has 0 radical (unpaired) electrons. The highest BCUT2D eigenvalue weighted by Gasteiger charge is 2.49. The molecule has 0 spiro atoms. The zero-order valence-corrected chi connectivity index (χ0v) is 13.9. The van der Waals surface area contributed by atoms with Crippen LogP contribution in [0, 0.1) is 10.8 Å². The Hall–Kier alpha value is -0.990. The first-order valence-electron chi connectivity index (χ1n) is 9.13. The first-order valence-corrected chi connectivity index (χ1v) is 9.13. The lowest BCUT2D eigenvalue weighted by Gasteiger charge is -2.12. The maximum Gasteiger partial charge on any atom is 0.309 e. The second kappa shape index (κ2) is 7.52. The van der Waals surface area contributed by atoms with Crippen LogP contribution in [-0.2, 0) is 4.79 Å². The molecule has 2 saturated carbocycles. The largest absolute Gasteiger partial charge is 0.512 e. The molecule has 2 N–H and O–H groups in total. The summed E-state index contributed by atoms with van der Waals surface area (Å²) in [6.45, 7) is 3.70. The fourth-order valence-corrected chi connectivity index (χ4v) is 3.54. The van der Waals surface area contributed by atoms with Crippen molar-refractivity contribution < 1.29 is 15.0 Å². The SMILES string of the molecule is C=C(O)C1(CCCCCCCCCCC2(C(=O)O)CC2)CC1. The second-order valence-corrected chi connectivity index (χ2v) is 7.64. The highest BCUT2D eigenvalue weighted by Crippen LogP contribution is 2.54. The molecule has 0 heterocycles.